The molecule has 0 radical (unpaired) electrons. The maximum atomic E-state index is 13.1. The number of hydrazine groups is 1. The monoisotopic (exact) mass is 638 g/mol. The molecular weight excluding hydrogens is 584 g/mol. The first kappa shape index (κ1) is 37.8. The predicted octanol–water partition coefficient (Wildman–Crippen LogP) is 5.05. The molecule has 0 unspecified atom stereocenters. The summed E-state index contributed by atoms with van der Waals surface area (Å²) in [5, 5.41) is 8.78. The van der Waals surface area contributed by atoms with Crippen molar-refractivity contribution in [1.29, 1.82) is 0 Å². The number of nitrogens with one attached hydrogen (secondary N) is 2. The van der Waals surface area contributed by atoms with E-state index in [-0.39, 0.29) is 45.1 Å². The van der Waals surface area contributed by atoms with Crippen LogP contribution in [0.5, 0.6) is 0 Å². The Balaban J connectivity index is 0.000000675. The third-order valence-corrected chi connectivity index (χ3v) is 7.35. The summed E-state index contributed by atoms with van der Waals surface area (Å²) < 4.78 is 4.67. The van der Waals surface area contributed by atoms with Crippen molar-refractivity contribution in [2.75, 3.05) is 46.4 Å². The van der Waals surface area contributed by atoms with Crippen molar-refractivity contribution in [3.63, 3.8) is 0 Å². The fraction of sp³-hybridized carbons (Fsp3) is 0.486. The van der Waals surface area contributed by atoms with Gasteiger partial charge >= 0.3 is 12.1 Å². The highest BCUT2D eigenvalue weighted by Gasteiger charge is 2.45. The first-order valence-corrected chi connectivity index (χ1v) is 16.3. The number of piperazine rings is 1. The van der Waals surface area contributed by atoms with Gasteiger partial charge in [-0.1, -0.05) is 101 Å². The van der Waals surface area contributed by atoms with Crippen molar-refractivity contribution in [2.24, 2.45) is 0 Å². The lowest BCUT2D eigenvalue weighted by Crippen LogP contribution is -2.73. The number of amides is 5. The van der Waals surface area contributed by atoms with E-state index in [4.69, 9.17) is 0 Å². The van der Waals surface area contributed by atoms with Crippen molar-refractivity contribution in [3.8, 4) is 0 Å². The molecule has 0 saturated carbocycles. The molecule has 11 nitrogen and oxygen atoms in total. The van der Waals surface area contributed by atoms with Crippen LogP contribution in [0.2, 0.25) is 0 Å². The summed E-state index contributed by atoms with van der Waals surface area (Å²) in [7, 11) is 1.73. The van der Waals surface area contributed by atoms with Crippen LogP contribution in [-0.2, 0) is 27.3 Å². The van der Waals surface area contributed by atoms with Crippen LogP contribution in [0.15, 0.2) is 73.3 Å². The lowest BCUT2D eigenvalue weighted by Gasteiger charge is -2.51. The minimum Gasteiger partial charge on any atom is -0.445 e. The van der Waals surface area contributed by atoms with Gasteiger partial charge in [0.15, 0.2) is 0 Å². The third kappa shape index (κ3) is 12.5. The molecule has 0 spiro atoms. The lowest BCUT2D eigenvalue weighted by molar-refractivity contribution is -0.178. The van der Waals surface area contributed by atoms with Gasteiger partial charge in [-0.3, -0.25) is 9.59 Å². The van der Waals surface area contributed by atoms with Crippen molar-refractivity contribution in [3.05, 3.63) is 84.4 Å². The zero-order valence-electron chi connectivity index (χ0n) is 28.0. The van der Waals surface area contributed by atoms with E-state index < -0.39 is 6.17 Å². The van der Waals surface area contributed by atoms with E-state index >= 15 is 0 Å². The predicted molar refractivity (Wildman–Crippen MR) is 183 cm³/mol. The van der Waals surface area contributed by atoms with Crippen molar-refractivity contribution in [1.82, 2.24) is 30.5 Å². The number of fused-ring (bicyclic) bond motifs is 1. The van der Waals surface area contributed by atoms with Crippen LogP contribution in [0.3, 0.4) is 0 Å². The van der Waals surface area contributed by atoms with Crippen LogP contribution in [0.25, 0.3) is 0 Å². The van der Waals surface area contributed by atoms with E-state index in [1.165, 1.54) is 10.5 Å². The summed E-state index contributed by atoms with van der Waals surface area (Å²) in [5.74, 6) is -0.194. The number of carbonyl (C=O) groups excluding carboxylic acids is 4. The molecule has 2 aliphatic rings. The van der Waals surface area contributed by atoms with Gasteiger partial charge in [0.2, 0.25) is 11.8 Å². The number of hydrogen-bond acceptors (Lipinski definition) is 6. The molecule has 2 saturated heterocycles. The Kier molecular flexibility index (Phi) is 17.6. The Morgan fingerprint density at radius 3 is 2.22 bits per heavy atom. The quantitative estimate of drug-likeness (QED) is 0.249. The van der Waals surface area contributed by atoms with Gasteiger partial charge in [-0.05, 0) is 36.8 Å². The van der Waals surface area contributed by atoms with Crippen molar-refractivity contribution >= 4 is 23.9 Å². The zero-order valence-corrected chi connectivity index (χ0v) is 28.0. The second kappa shape index (κ2) is 21.4. The molecule has 1 atom stereocenters. The number of likely N-dealkylation sites (N-methyl/N-ethyl adjacent to an activating group) is 1. The highest BCUT2D eigenvalue weighted by molar-refractivity contribution is 5.89. The van der Waals surface area contributed by atoms with Crippen LogP contribution in [0, 0.1) is 0 Å². The van der Waals surface area contributed by atoms with Gasteiger partial charge in [0, 0.05) is 28.1 Å². The lowest BCUT2D eigenvalue weighted by atomic mass is 10.1. The summed E-state index contributed by atoms with van der Waals surface area (Å²) in [6.07, 6.45) is 5.55. The molecule has 2 fully saturated rings. The molecule has 4 rings (SSSR count). The smallest absolute Gasteiger partial charge is 0.407 e. The maximum Gasteiger partial charge on any atom is 0.407 e. The topological polar surface area (TPSA) is 115 Å². The van der Waals surface area contributed by atoms with E-state index in [1.807, 2.05) is 62.4 Å². The van der Waals surface area contributed by atoms with Gasteiger partial charge in [0.1, 0.15) is 19.3 Å². The number of aryl methyl sites for hydroxylation is 1. The Labute approximate surface area is 276 Å². The molecule has 0 bridgehead atoms. The summed E-state index contributed by atoms with van der Waals surface area (Å²) in [6, 6.07) is 19.7. The first-order chi connectivity index (χ1) is 22.3. The van der Waals surface area contributed by atoms with Gasteiger partial charge in [-0.2, -0.15) is 0 Å². The molecule has 0 aliphatic carbocycles. The summed E-state index contributed by atoms with van der Waals surface area (Å²) in [6.45, 7) is 11.9. The van der Waals surface area contributed by atoms with Crippen LogP contribution in [0.4, 0.5) is 9.59 Å². The highest BCUT2D eigenvalue weighted by Crippen LogP contribution is 2.22. The molecule has 2 heterocycles. The molecule has 254 valence electrons. The fourth-order valence-electron chi connectivity index (χ4n) is 4.99. The number of ether oxygens (including phenoxy) is 1. The first-order valence-electron chi connectivity index (χ1n) is 16.3. The number of unbranched alkanes of at least 4 members (excludes halogenated alkanes) is 2. The van der Waals surface area contributed by atoms with E-state index in [2.05, 4.69) is 41.0 Å². The Bertz CT molecular complexity index is 1220. The molecule has 0 aromatic heterocycles. The average Bonchev–Trinajstić information content (AvgIpc) is 3.07. The van der Waals surface area contributed by atoms with Gasteiger partial charge in [0.25, 0.3) is 0 Å². The summed E-state index contributed by atoms with van der Waals surface area (Å²) in [4.78, 5) is 52.4. The largest absolute Gasteiger partial charge is 0.445 e. The molecule has 2 aliphatic heterocycles. The molecule has 5 amide bonds. The molecule has 46 heavy (non-hydrogen) atoms. The molecule has 11 heteroatoms. The van der Waals surface area contributed by atoms with Crippen LogP contribution in [0.1, 0.15) is 59.0 Å². The fourth-order valence-corrected chi connectivity index (χ4v) is 4.99. The number of nitrogens with zero attached hydrogens (tertiary/aromatic N) is 4. The number of alkyl carbamates (subject to hydrolysis) is 1. The van der Waals surface area contributed by atoms with E-state index in [0.717, 1.165) is 37.7 Å². The van der Waals surface area contributed by atoms with E-state index in [9.17, 15) is 19.2 Å². The van der Waals surface area contributed by atoms with Crippen LogP contribution >= 0.6 is 0 Å². The van der Waals surface area contributed by atoms with Gasteiger partial charge < -0.3 is 25.2 Å². The van der Waals surface area contributed by atoms with E-state index in [0.29, 0.717) is 26.2 Å². The molecule has 2 aromatic carbocycles. The van der Waals surface area contributed by atoms with Crippen LogP contribution < -0.4 is 10.6 Å². The normalized spacial score (nSPS) is 15.8. The second-order valence-corrected chi connectivity index (χ2v) is 10.8. The number of rotatable bonds is 12. The Morgan fingerprint density at radius 2 is 1.59 bits per heavy atom. The average molecular weight is 639 g/mol. The summed E-state index contributed by atoms with van der Waals surface area (Å²) >= 11 is 0. The number of benzene rings is 2. The van der Waals surface area contributed by atoms with Gasteiger partial charge in [-0.15, -0.1) is 0 Å². The SMILES string of the molecule is C=CCOC(=O)NCCCC.CC.CN1CC(=O)N2CC(=O)N(CCCCc3ccccc3)C[C@@H]2N1C(=O)NCc1ccccc1.[HH]. The standard InChI is InChI=1S/C25H31N5O3.C8H15NO2.C2H6.H2/c1-27-18-24(32)29-19-23(31)28(15-9-8-12-20-10-4-2-5-11-20)17-22(29)30(27)25(33)26-16-21-13-6-3-7-14-21;1-3-5-6-9-8(10)11-7-4-2;1-2;/h2-7,10-11,13-14,22H,8-9,12,15-19H2,1H3,(H,26,33);4H,2-3,5-7H2,1H3,(H,9,10);1-2H3;1H/t22-;;;/m0.../s1. The van der Waals surface area contributed by atoms with Gasteiger partial charge in [-0.25, -0.2) is 19.6 Å². The zero-order chi connectivity index (χ0) is 33.7. The second-order valence-electron chi connectivity index (χ2n) is 10.8. The maximum absolute atomic E-state index is 13.1. The van der Waals surface area contributed by atoms with Gasteiger partial charge in [0.05, 0.1) is 13.1 Å². The molecular formula is C35H54N6O5. The Hall–Kier alpha value is -4.38. The molecule has 2 aromatic rings. The third-order valence-electron chi connectivity index (χ3n) is 7.35. The van der Waals surface area contributed by atoms with Crippen molar-refractivity contribution < 1.29 is 25.3 Å². The van der Waals surface area contributed by atoms with E-state index in [1.54, 1.807) is 28.0 Å². The number of carbonyl (C=O) groups is 4. The number of hydrogen-bond donors (Lipinski definition) is 2. The van der Waals surface area contributed by atoms with Crippen molar-refractivity contribution in [2.45, 2.75) is 65.6 Å². The highest BCUT2D eigenvalue weighted by atomic mass is 16.5. The van der Waals surface area contributed by atoms with Crippen LogP contribution in [-0.4, -0.2) is 96.3 Å². The Morgan fingerprint density at radius 1 is 0.935 bits per heavy atom. The molecule has 2 N–H and O–H groups in total. The minimum absolute atomic E-state index is 0. The number of urea groups is 1. The summed E-state index contributed by atoms with van der Waals surface area (Å²) in [5.41, 5.74) is 2.28. The minimum atomic E-state index is -0.501.